The Bertz CT molecular complexity index is 769. The molecule has 3 rings (SSSR count). The number of fused-ring (bicyclic) bond motifs is 1. The molecule has 0 saturated carbocycles. The van der Waals surface area contributed by atoms with E-state index in [-0.39, 0.29) is 18.6 Å². The zero-order valence-corrected chi connectivity index (χ0v) is 14.5. The molecule has 0 bridgehead atoms. The van der Waals surface area contributed by atoms with Gasteiger partial charge in [-0.15, -0.1) is 0 Å². The number of para-hydroxylation sites is 1. The predicted molar refractivity (Wildman–Crippen MR) is 97.0 cm³/mol. The molecule has 0 aromatic heterocycles. The lowest BCUT2D eigenvalue weighted by Crippen LogP contribution is -2.31. The smallest absolute Gasteiger partial charge is 0.258 e. The summed E-state index contributed by atoms with van der Waals surface area (Å²) in [5.41, 5.74) is 4.39. The normalized spacial score (nSPS) is 14.3. The minimum Gasteiger partial charge on any atom is -0.483 e. The van der Waals surface area contributed by atoms with Crippen LogP contribution in [0, 0.1) is 0 Å². The molecule has 4 heteroatoms. The van der Waals surface area contributed by atoms with Gasteiger partial charge in [0.1, 0.15) is 5.75 Å². The summed E-state index contributed by atoms with van der Waals surface area (Å²) in [6, 6.07) is 13.3. The molecule has 0 spiro atoms. The fourth-order valence-electron chi connectivity index (χ4n) is 3.24. The first-order chi connectivity index (χ1) is 12.2. The second-order valence-corrected chi connectivity index (χ2v) is 6.47. The number of hydrogen-bond acceptors (Lipinski definition) is 3. The summed E-state index contributed by atoms with van der Waals surface area (Å²) < 4.78 is 5.47. The van der Waals surface area contributed by atoms with Crippen molar-refractivity contribution in [2.24, 2.45) is 0 Å². The number of benzene rings is 2. The van der Waals surface area contributed by atoms with Crippen molar-refractivity contribution in [1.82, 2.24) is 5.32 Å². The molecule has 0 fully saturated rings. The SMILES string of the molecule is CC(NC(=O)COc1ccccc1C=O)c1ccc2c(c1)CCCC2. The number of aryl methyl sites for hydroxylation is 2. The van der Waals surface area contributed by atoms with E-state index < -0.39 is 0 Å². The van der Waals surface area contributed by atoms with Crippen LogP contribution < -0.4 is 10.1 Å². The van der Waals surface area contributed by atoms with Crippen LogP contribution in [0.25, 0.3) is 0 Å². The van der Waals surface area contributed by atoms with Gasteiger partial charge in [-0.1, -0.05) is 30.3 Å². The Morgan fingerprint density at radius 3 is 2.72 bits per heavy atom. The third-order valence-corrected chi connectivity index (χ3v) is 4.65. The van der Waals surface area contributed by atoms with Gasteiger partial charge in [0.2, 0.25) is 0 Å². The molecule has 1 amide bonds. The van der Waals surface area contributed by atoms with Crippen LogP contribution in [-0.4, -0.2) is 18.8 Å². The topological polar surface area (TPSA) is 55.4 Å². The molecule has 0 saturated heterocycles. The highest BCUT2D eigenvalue weighted by molar-refractivity contribution is 5.81. The van der Waals surface area contributed by atoms with Crippen molar-refractivity contribution in [2.45, 2.75) is 38.6 Å². The average Bonchev–Trinajstić information content (AvgIpc) is 2.66. The molecule has 2 aromatic carbocycles. The molecular formula is C21H23NO3. The van der Waals surface area contributed by atoms with Crippen molar-refractivity contribution in [3.8, 4) is 5.75 Å². The van der Waals surface area contributed by atoms with E-state index in [2.05, 4.69) is 23.5 Å². The minimum absolute atomic E-state index is 0.0790. The van der Waals surface area contributed by atoms with Gasteiger partial charge in [-0.3, -0.25) is 9.59 Å². The van der Waals surface area contributed by atoms with E-state index in [1.54, 1.807) is 24.3 Å². The van der Waals surface area contributed by atoms with Crippen LogP contribution >= 0.6 is 0 Å². The van der Waals surface area contributed by atoms with E-state index in [0.717, 1.165) is 24.7 Å². The van der Waals surface area contributed by atoms with Gasteiger partial charge in [-0.25, -0.2) is 0 Å². The number of nitrogens with one attached hydrogen (secondary N) is 1. The molecule has 1 unspecified atom stereocenters. The number of carbonyl (C=O) groups is 2. The molecule has 4 nitrogen and oxygen atoms in total. The lowest BCUT2D eigenvalue weighted by atomic mass is 9.89. The standard InChI is InChI=1S/C21H23NO3/c1-15(17-11-10-16-6-2-3-7-18(16)12-17)22-21(24)14-25-20-9-5-4-8-19(20)13-23/h4-5,8-13,15H,2-3,6-7,14H2,1H3,(H,22,24). The van der Waals surface area contributed by atoms with Crippen molar-refractivity contribution in [1.29, 1.82) is 0 Å². The Morgan fingerprint density at radius 2 is 1.92 bits per heavy atom. The van der Waals surface area contributed by atoms with Gasteiger partial charge in [0.15, 0.2) is 12.9 Å². The molecule has 1 atom stereocenters. The number of hydrogen-bond donors (Lipinski definition) is 1. The highest BCUT2D eigenvalue weighted by atomic mass is 16.5. The van der Waals surface area contributed by atoms with Crippen molar-refractivity contribution in [3.63, 3.8) is 0 Å². The first-order valence-electron chi connectivity index (χ1n) is 8.75. The molecular weight excluding hydrogens is 314 g/mol. The van der Waals surface area contributed by atoms with Gasteiger partial charge >= 0.3 is 0 Å². The van der Waals surface area contributed by atoms with Crippen LogP contribution in [0.3, 0.4) is 0 Å². The molecule has 130 valence electrons. The second kappa shape index (κ2) is 7.97. The summed E-state index contributed by atoms with van der Waals surface area (Å²) in [5.74, 6) is 0.222. The van der Waals surface area contributed by atoms with Crippen LogP contribution in [0.2, 0.25) is 0 Å². The number of carbonyl (C=O) groups excluding carboxylic acids is 2. The average molecular weight is 337 g/mol. The van der Waals surface area contributed by atoms with Gasteiger partial charge in [0, 0.05) is 0 Å². The quantitative estimate of drug-likeness (QED) is 0.819. The summed E-state index contributed by atoms with van der Waals surface area (Å²) in [6.07, 6.45) is 5.50. The molecule has 1 aliphatic rings. The van der Waals surface area contributed by atoms with E-state index in [1.807, 2.05) is 6.92 Å². The van der Waals surface area contributed by atoms with Gasteiger partial charge in [-0.05, 0) is 61.4 Å². The zero-order valence-electron chi connectivity index (χ0n) is 14.5. The molecule has 25 heavy (non-hydrogen) atoms. The Kier molecular flexibility index (Phi) is 5.49. The van der Waals surface area contributed by atoms with E-state index in [1.165, 1.54) is 24.0 Å². The first kappa shape index (κ1) is 17.2. The number of ether oxygens (including phenoxy) is 1. The first-order valence-corrected chi connectivity index (χ1v) is 8.75. The lowest BCUT2D eigenvalue weighted by Gasteiger charge is -2.20. The summed E-state index contributed by atoms with van der Waals surface area (Å²) in [4.78, 5) is 23.1. The fraction of sp³-hybridized carbons (Fsp3) is 0.333. The monoisotopic (exact) mass is 337 g/mol. The van der Waals surface area contributed by atoms with Crippen LogP contribution in [0.1, 0.15) is 52.9 Å². The van der Waals surface area contributed by atoms with Crippen molar-refractivity contribution in [2.75, 3.05) is 6.61 Å². The minimum atomic E-state index is -0.203. The lowest BCUT2D eigenvalue weighted by molar-refractivity contribution is -0.123. The van der Waals surface area contributed by atoms with Crippen molar-refractivity contribution >= 4 is 12.2 Å². The number of rotatable bonds is 6. The maximum Gasteiger partial charge on any atom is 0.258 e. The Hall–Kier alpha value is -2.62. The zero-order chi connectivity index (χ0) is 17.6. The van der Waals surface area contributed by atoms with E-state index in [0.29, 0.717) is 11.3 Å². The van der Waals surface area contributed by atoms with Crippen LogP contribution in [-0.2, 0) is 17.6 Å². The second-order valence-electron chi connectivity index (χ2n) is 6.47. The van der Waals surface area contributed by atoms with Crippen LogP contribution in [0.15, 0.2) is 42.5 Å². The van der Waals surface area contributed by atoms with Crippen LogP contribution in [0.4, 0.5) is 0 Å². The van der Waals surface area contributed by atoms with E-state index >= 15 is 0 Å². The summed E-state index contributed by atoms with van der Waals surface area (Å²) in [6.45, 7) is 1.86. The summed E-state index contributed by atoms with van der Waals surface area (Å²) in [7, 11) is 0. The Labute approximate surface area is 148 Å². The van der Waals surface area contributed by atoms with Gasteiger partial charge < -0.3 is 10.1 Å². The molecule has 0 radical (unpaired) electrons. The van der Waals surface area contributed by atoms with Gasteiger partial charge in [0.25, 0.3) is 5.91 Å². The van der Waals surface area contributed by atoms with Gasteiger partial charge in [-0.2, -0.15) is 0 Å². The summed E-state index contributed by atoms with van der Waals surface area (Å²) in [5, 5.41) is 2.96. The highest BCUT2D eigenvalue weighted by Gasteiger charge is 2.14. The van der Waals surface area contributed by atoms with Gasteiger partial charge in [0.05, 0.1) is 11.6 Å². The van der Waals surface area contributed by atoms with Crippen LogP contribution in [0.5, 0.6) is 5.75 Å². The van der Waals surface area contributed by atoms with E-state index in [9.17, 15) is 9.59 Å². The third kappa shape index (κ3) is 4.27. The van der Waals surface area contributed by atoms with Crippen molar-refractivity contribution in [3.05, 3.63) is 64.7 Å². The largest absolute Gasteiger partial charge is 0.483 e. The molecule has 1 N–H and O–H groups in total. The highest BCUT2D eigenvalue weighted by Crippen LogP contribution is 2.24. The van der Waals surface area contributed by atoms with E-state index in [4.69, 9.17) is 4.74 Å². The maximum absolute atomic E-state index is 12.2. The third-order valence-electron chi connectivity index (χ3n) is 4.65. The molecule has 2 aromatic rings. The molecule has 0 heterocycles. The fourth-order valence-corrected chi connectivity index (χ4v) is 3.24. The number of amides is 1. The number of aldehydes is 1. The Balaban J connectivity index is 1.58. The maximum atomic E-state index is 12.2. The van der Waals surface area contributed by atoms with Crippen molar-refractivity contribution < 1.29 is 14.3 Å². The Morgan fingerprint density at radius 1 is 1.16 bits per heavy atom. The summed E-state index contributed by atoms with van der Waals surface area (Å²) >= 11 is 0. The molecule has 1 aliphatic carbocycles. The predicted octanol–water partition coefficient (Wildman–Crippen LogP) is 3.63. The molecule has 0 aliphatic heterocycles.